The number of hydrogen-bond acceptors (Lipinski definition) is 3. The second-order valence-corrected chi connectivity index (χ2v) is 2.79. The molecule has 15 heavy (non-hydrogen) atoms. The molecular formula is C8H6ClF3N2O. The van der Waals surface area contributed by atoms with Gasteiger partial charge in [0.15, 0.2) is 0 Å². The van der Waals surface area contributed by atoms with Gasteiger partial charge in [-0.2, -0.15) is 13.2 Å². The van der Waals surface area contributed by atoms with Crippen molar-refractivity contribution in [1.82, 2.24) is 4.98 Å². The SMILES string of the molecule is COc1ncccc1N=C(Cl)C(F)(F)F. The molecule has 7 heteroatoms. The lowest BCUT2D eigenvalue weighted by Crippen LogP contribution is -2.16. The number of alkyl halides is 3. The van der Waals surface area contributed by atoms with Crippen molar-refractivity contribution in [3.63, 3.8) is 0 Å². The molecule has 82 valence electrons. The van der Waals surface area contributed by atoms with Gasteiger partial charge < -0.3 is 4.74 Å². The number of halogens is 4. The third-order valence-corrected chi connectivity index (χ3v) is 1.70. The quantitative estimate of drug-likeness (QED) is 0.743. The van der Waals surface area contributed by atoms with Crippen LogP contribution in [-0.2, 0) is 0 Å². The number of nitrogens with zero attached hydrogens (tertiary/aromatic N) is 2. The topological polar surface area (TPSA) is 34.5 Å². The van der Waals surface area contributed by atoms with Gasteiger partial charge in [0.05, 0.1) is 7.11 Å². The van der Waals surface area contributed by atoms with E-state index in [4.69, 9.17) is 16.3 Å². The molecule has 3 nitrogen and oxygen atoms in total. The Morgan fingerprint density at radius 2 is 2.20 bits per heavy atom. The van der Waals surface area contributed by atoms with Crippen molar-refractivity contribution in [3.05, 3.63) is 18.3 Å². The zero-order valence-corrected chi connectivity index (χ0v) is 8.30. The van der Waals surface area contributed by atoms with Gasteiger partial charge in [0, 0.05) is 6.20 Å². The van der Waals surface area contributed by atoms with Gasteiger partial charge in [-0.1, -0.05) is 11.6 Å². The van der Waals surface area contributed by atoms with Crippen LogP contribution < -0.4 is 4.74 Å². The van der Waals surface area contributed by atoms with Gasteiger partial charge in [-0.05, 0) is 12.1 Å². The fraction of sp³-hybridized carbons (Fsp3) is 0.250. The van der Waals surface area contributed by atoms with Crippen LogP contribution in [0.4, 0.5) is 18.9 Å². The van der Waals surface area contributed by atoms with E-state index >= 15 is 0 Å². The van der Waals surface area contributed by atoms with E-state index in [0.717, 1.165) is 0 Å². The Kier molecular flexibility index (Phi) is 3.52. The average molecular weight is 239 g/mol. The number of pyridine rings is 1. The first-order valence-corrected chi connectivity index (χ1v) is 4.13. The van der Waals surface area contributed by atoms with E-state index in [9.17, 15) is 13.2 Å². The summed E-state index contributed by atoms with van der Waals surface area (Å²) in [7, 11) is 1.28. The highest BCUT2D eigenvalue weighted by Crippen LogP contribution is 2.28. The molecule has 0 bridgehead atoms. The maximum absolute atomic E-state index is 12.0. The maximum Gasteiger partial charge on any atom is 0.444 e. The lowest BCUT2D eigenvalue weighted by Gasteiger charge is -2.05. The molecule has 0 radical (unpaired) electrons. The summed E-state index contributed by atoms with van der Waals surface area (Å²) in [5.74, 6) is -0.0140. The smallest absolute Gasteiger partial charge is 0.444 e. The van der Waals surface area contributed by atoms with Crippen molar-refractivity contribution in [2.24, 2.45) is 4.99 Å². The minimum Gasteiger partial charge on any atom is -0.479 e. The Hall–Kier alpha value is -1.30. The molecule has 0 aliphatic carbocycles. The van der Waals surface area contributed by atoms with Gasteiger partial charge in [0.25, 0.3) is 0 Å². The van der Waals surface area contributed by atoms with Crippen LogP contribution in [0.3, 0.4) is 0 Å². The summed E-state index contributed by atoms with van der Waals surface area (Å²) in [5, 5.41) is -1.46. The molecule has 1 aromatic heterocycles. The van der Waals surface area contributed by atoms with Crippen LogP contribution in [0, 0.1) is 0 Å². The van der Waals surface area contributed by atoms with E-state index in [1.807, 2.05) is 0 Å². The fourth-order valence-electron chi connectivity index (χ4n) is 0.794. The molecule has 1 heterocycles. The summed E-state index contributed by atoms with van der Waals surface area (Å²) < 4.78 is 40.9. The third-order valence-electron chi connectivity index (χ3n) is 1.40. The number of methoxy groups -OCH3 is 1. The number of aromatic nitrogens is 1. The number of hydrogen-bond donors (Lipinski definition) is 0. The van der Waals surface area contributed by atoms with E-state index in [0.29, 0.717) is 0 Å². The van der Waals surface area contributed by atoms with Crippen LogP contribution in [0.5, 0.6) is 5.88 Å². The lowest BCUT2D eigenvalue weighted by molar-refractivity contribution is -0.0558. The van der Waals surface area contributed by atoms with Gasteiger partial charge in [-0.15, -0.1) is 0 Å². The molecule has 0 saturated heterocycles. The molecule has 0 aromatic carbocycles. The first-order chi connectivity index (χ1) is 6.95. The van der Waals surface area contributed by atoms with Crippen LogP contribution in [0.25, 0.3) is 0 Å². The van der Waals surface area contributed by atoms with Crippen molar-refractivity contribution >= 4 is 22.5 Å². The molecule has 0 amide bonds. The summed E-state index contributed by atoms with van der Waals surface area (Å²) in [6.45, 7) is 0. The number of aliphatic imine (C=N–C) groups is 1. The highest BCUT2D eigenvalue weighted by Gasteiger charge is 2.34. The molecule has 0 saturated carbocycles. The van der Waals surface area contributed by atoms with Crippen LogP contribution >= 0.6 is 11.6 Å². The maximum atomic E-state index is 12.0. The molecular weight excluding hydrogens is 233 g/mol. The minimum atomic E-state index is -4.66. The molecule has 1 rings (SSSR count). The van der Waals surface area contributed by atoms with Crippen molar-refractivity contribution in [2.75, 3.05) is 7.11 Å². The van der Waals surface area contributed by atoms with Crippen molar-refractivity contribution in [1.29, 1.82) is 0 Å². The first-order valence-electron chi connectivity index (χ1n) is 3.75. The zero-order valence-electron chi connectivity index (χ0n) is 7.55. The second-order valence-electron chi connectivity index (χ2n) is 2.43. The van der Waals surface area contributed by atoms with Crippen LogP contribution in [0.15, 0.2) is 23.3 Å². The number of ether oxygens (including phenoxy) is 1. The first kappa shape index (κ1) is 11.8. The second kappa shape index (κ2) is 4.48. The summed E-state index contributed by atoms with van der Waals surface area (Å²) in [5.41, 5.74) is -0.0673. The largest absolute Gasteiger partial charge is 0.479 e. The minimum absolute atomic E-state index is 0.0140. The number of rotatable bonds is 2. The predicted molar refractivity (Wildman–Crippen MR) is 49.8 cm³/mol. The molecule has 1 aromatic rings. The van der Waals surface area contributed by atoms with Crippen molar-refractivity contribution in [2.45, 2.75) is 6.18 Å². The van der Waals surface area contributed by atoms with Crippen molar-refractivity contribution < 1.29 is 17.9 Å². The fourth-order valence-corrected chi connectivity index (χ4v) is 0.885. The lowest BCUT2D eigenvalue weighted by atomic mass is 10.4. The molecule has 0 unspecified atom stereocenters. The Morgan fingerprint density at radius 3 is 2.73 bits per heavy atom. The third kappa shape index (κ3) is 3.09. The highest BCUT2D eigenvalue weighted by molar-refractivity contribution is 6.67. The van der Waals surface area contributed by atoms with Gasteiger partial charge in [-0.3, -0.25) is 0 Å². The van der Waals surface area contributed by atoms with Gasteiger partial charge in [0.1, 0.15) is 5.69 Å². The van der Waals surface area contributed by atoms with Crippen LogP contribution in [0.1, 0.15) is 0 Å². The Bertz CT molecular complexity index is 378. The van der Waals surface area contributed by atoms with Gasteiger partial charge in [0.2, 0.25) is 11.1 Å². The molecule has 0 aliphatic rings. The van der Waals surface area contributed by atoms with E-state index < -0.39 is 11.3 Å². The van der Waals surface area contributed by atoms with Crippen LogP contribution in [-0.4, -0.2) is 23.4 Å². The molecule has 0 atom stereocenters. The highest BCUT2D eigenvalue weighted by atomic mass is 35.5. The Morgan fingerprint density at radius 1 is 1.53 bits per heavy atom. The van der Waals surface area contributed by atoms with E-state index in [1.165, 1.54) is 25.4 Å². The summed E-state index contributed by atoms with van der Waals surface area (Å²) >= 11 is 4.96. The monoisotopic (exact) mass is 238 g/mol. The van der Waals surface area contributed by atoms with E-state index in [-0.39, 0.29) is 11.6 Å². The van der Waals surface area contributed by atoms with Crippen molar-refractivity contribution in [3.8, 4) is 5.88 Å². The molecule has 0 N–H and O–H groups in total. The zero-order chi connectivity index (χ0) is 11.5. The Balaban J connectivity index is 3.08. The molecule has 0 aliphatic heterocycles. The predicted octanol–water partition coefficient (Wildman–Crippen LogP) is 2.92. The average Bonchev–Trinajstić information content (AvgIpc) is 2.17. The van der Waals surface area contributed by atoms with E-state index in [2.05, 4.69) is 9.98 Å². The van der Waals surface area contributed by atoms with Gasteiger partial charge in [-0.25, -0.2) is 9.98 Å². The Labute approximate surface area is 88.6 Å². The van der Waals surface area contributed by atoms with E-state index in [1.54, 1.807) is 0 Å². The van der Waals surface area contributed by atoms with Gasteiger partial charge >= 0.3 is 6.18 Å². The standard InChI is InChI=1S/C8H6ClF3N2O/c1-15-6-5(3-2-4-13-6)14-7(9)8(10,11)12/h2-4H,1H3. The summed E-state index contributed by atoms with van der Waals surface area (Å²) in [6, 6.07) is 2.75. The molecule has 0 spiro atoms. The normalized spacial score (nSPS) is 12.7. The summed E-state index contributed by atoms with van der Waals surface area (Å²) in [6.07, 6.45) is -3.29. The summed E-state index contributed by atoms with van der Waals surface area (Å²) in [4.78, 5) is 6.85. The van der Waals surface area contributed by atoms with Crippen LogP contribution in [0.2, 0.25) is 0 Å². The molecule has 0 fully saturated rings.